The van der Waals surface area contributed by atoms with Gasteiger partial charge in [-0.05, 0) is 38.3 Å². The lowest BCUT2D eigenvalue weighted by Gasteiger charge is -2.35. The van der Waals surface area contributed by atoms with E-state index in [1.807, 2.05) is 6.07 Å². The molecule has 3 heterocycles. The summed E-state index contributed by atoms with van der Waals surface area (Å²) in [4.78, 5) is 2.54. The normalized spacial score (nSPS) is 22.6. The fraction of sp³-hybridized carbons (Fsp3) is 0.611. The summed E-state index contributed by atoms with van der Waals surface area (Å²) in [5.74, 6) is 1.28. The summed E-state index contributed by atoms with van der Waals surface area (Å²) in [5.41, 5.74) is 0.649. The number of aromatic amines is 1. The van der Waals surface area contributed by atoms with Gasteiger partial charge in [-0.2, -0.15) is 5.10 Å². The van der Waals surface area contributed by atoms with Crippen molar-refractivity contribution in [1.29, 1.82) is 0 Å². The van der Waals surface area contributed by atoms with E-state index in [0.29, 0.717) is 41.0 Å². The van der Waals surface area contributed by atoms with E-state index >= 15 is 0 Å². The fourth-order valence-corrected chi connectivity index (χ4v) is 3.86. The standard InChI is InChI=1S/C18H25FN4O2/c1-20-18-17-15(19)8-14(9-16(17)21-22-18)25-10-12-2-5-23(6-3-12)13-4-7-24-11-13/h8-9,12-13H,2-7,10-11H2,1H3,(H2,20,21,22). The van der Waals surface area contributed by atoms with Gasteiger partial charge in [-0.3, -0.25) is 10.00 Å². The van der Waals surface area contributed by atoms with Gasteiger partial charge < -0.3 is 14.8 Å². The third kappa shape index (κ3) is 3.43. The van der Waals surface area contributed by atoms with Crippen molar-refractivity contribution < 1.29 is 13.9 Å². The predicted octanol–water partition coefficient (Wildman–Crippen LogP) is 2.62. The van der Waals surface area contributed by atoms with Crippen molar-refractivity contribution in [2.24, 2.45) is 5.92 Å². The number of nitrogens with one attached hydrogen (secondary N) is 2. The molecule has 2 aliphatic heterocycles. The van der Waals surface area contributed by atoms with Crippen molar-refractivity contribution in [3.05, 3.63) is 17.9 Å². The van der Waals surface area contributed by atoms with Crippen molar-refractivity contribution in [3.63, 3.8) is 0 Å². The Balaban J connectivity index is 1.33. The maximum Gasteiger partial charge on any atom is 0.158 e. The molecule has 0 spiro atoms. The van der Waals surface area contributed by atoms with Crippen LogP contribution < -0.4 is 10.1 Å². The van der Waals surface area contributed by atoms with E-state index in [-0.39, 0.29) is 5.82 Å². The highest BCUT2D eigenvalue weighted by atomic mass is 19.1. The zero-order valence-electron chi connectivity index (χ0n) is 14.6. The summed E-state index contributed by atoms with van der Waals surface area (Å²) in [6, 6.07) is 3.86. The lowest BCUT2D eigenvalue weighted by atomic mass is 9.96. The third-order valence-electron chi connectivity index (χ3n) is 5.38. The minimum Gasteiger partial charge on any atom is -0.493 e. The van der Waals surface area contributed by atoms with Crippen molar-refractivity contribution in [1.82, 2.24) is 15.1 Å². The Labute approximate surface area is 146 Å². The van der Waals surface area contributed by atoms with E-state index < -0.39 is 0 Å². The maximum absolute atomic E-state index is 14.3. The first-order valence-corrected chi connectivity index (χ1v) is 9.04. The van der Waals surface area contributed by atoms with E-state index in [0.717, 1.165) is 45.6 Å². The molecular weight excluding hydrogens is 323 g/mol. The number of likely N-dealkylation sites (tertiary alicyclic amines) is 1. The van der Waals surface area contributed by atoms with Crippen molar-refractivity contribution in [2.45, 2.75) is 25.3 Å². The van der Waals surface area contributed by atoms with Crippen LogP contribution in [0.3, 0.4) is 0 Å². The average Bonchev–Trinajstić information content (AvgIpc) is 3.30. The Bertz CT molecular complexity index is 721. The van der Waals surface area contributed by atoms with Gasteiger partial charge >= 0.3 is 0 Å². The van der Waals surface area contributed by atoms with E-state index in [4.69, 9.17) is 9.47 Å². The first kappa shape index (κ1) is 16.6. The maximum atomic E-state index is 14.3. The topological polar surface area (TPSA) is 62.4 Å². The summed E-state index contributed by atoms with van der Waals surface area (Å²) < 4.78 is 25.7. The number of benzene rings is 1. The predicted molar refractivity (Wildman–Crippen MR) is 94.6 cm³/mol. The minimum absolute atomic E-state index is 0.318. The SMILES string of the molecule is CNc1n[nH]c2cc(OCC3CCN(C4CCOC4)CC3)cc(F)c12. The molecule has 25 heavy (non-hydrogen) atoms. The van der Waals surface area contributed by atoms with Crippen LogP contribution in [0.15, 0.2) is 12.1 Å². The van der Waals surface area contributed by atoms with Gasteiger partial charge in [-0.25, -0.2) is 4.39 Å². The lowest BCUT2D eigenvalue weighted by Crippen LogP contribution is -2.42. The second-order valence-electron chi connectivity index (χ2n) is 6.96. The van der Waals surface area contributed by atoms with Gasteiger partial charge in [0.2, 0.25) is 0 Å². The molecule has 0 saturated carbocycles. The highest BCUT2D eigenvalue weighted by Gasteiger charge is 2.27. The second kappa shape index (κ2) is 7.17. The summed E-state index contributed by atoms with van der Waals surface area (Å²) in [7, 11) is 1.73. The number of H-pyrrole nitrogens is 1. The van der Waals surface area contributed by atoms with Crippen LogP contribution in [-0.2, 0) is 4.74 Å². The van der Waals surface area contributed by atoms with Crippen molar-refractivity contribution >= 4 is 16.7 Å². The number of anilines is 1. The Kier molecular flexibility index (Phi) is 4.76. The Morgan fingerprint density at radius 1 is 1.36 bits per heavy atom. The van der Waals surface area contributed by atoms with E-state index in [1.165, 1.54) is 6.07 Å². The van der Waals surface area contributed by atoms with Gasteiger partial charge in [0.1, 0.15) is 11.6 Å². The summed E-state index contributed by atoms with van der Waals surface area (Å²) in [5, 5.41) is 10.3. The molecule has 0 aliphatic carbocycles. The van der Waals surface area contributed by atoms with Crippen LogP contribution in [0.25, 0.3) is 10.9 Å². The van der Waals surface area contributed by atoms with E-state index in [1.54, 1.807) is 7.05 Å². The van der Waals surface area contributed by atoms with Crippen LogP contribution in [0.4, 0.5) is 10.2 Å². The summed E-state index contributed by atoms with van der Waals surface area (Å²) >= 11 is 0. The Morgan fingerprint density at radius 3 is 2.92 bits per heavy atom. The zero-order chi connectivity index (χ0) is 17.2. The fourth-order valence-electron chi connectivity index (χ4n) is 3.86. The van der Waals surface area contributed by atoms with Gasteiger partial charge in [0.25, 0.3) is 0 Å². The number of piperidine rings is 1. The molecule has 1 aromatic heterocycles. The molecule has 1 unspecified atom stereocenters. The first-order chi connectivity index (χ1) is 12.2. The largest absolute Gasteiger partial charge is 0.493 e. The quantitative estimate of drug-likeness (QED) is 0.870. The molecule has 0 bridgehead atoms. The van der Waals surface area contributed by atoms with Crippen LogP contribution in [0, 0.1) is 11.7 Å². The number of rotatable bonds is 5. The molecule has 6 nitrogen and oxygen atoms in total. The Hall–Kier alpha value is -1.86. The van der Waals surface area contributed by atoms with Gasteiger partial charge in [0.15, 0.2) is 5.82 Å². The van der Waals surface area contributed by atoms with Crippen LogP contribution in [0.2, 0.25) is 0 Å². The van der Waals surface area contributed by atoms with Gasteiger partial charge in [0.05, 0.1) is 24.1 Å². The molecule has 0 radical (unpaired) electrons. The smallest absolute Gasteiger partial charge is 0.158 e. The van der Waals surface area contributed by atoms with Gasteiger partial charge in [0, 0.05) is 31.8 Å². The summed E-state index contributed by atoms with van der Waals surface area (Å²) in [6.07, 6.45) is 3.39. The molecule has 2 fully saturated rings. The van der Waals surface area contributed by atoms with Gasteiger partial charge in [-0.15, -0.1) is 0 Å². The molecule has 0 amide bonds. The van der Waals surface area contributed by atoms with Crippen LogP contribution in [0.1, 0.15) is 19.3 Å². The molecule has 2 aliphatic rings. The summed E-state index contributed by atoms with van der Waals surface area (Å²) in [6.45, 7) is 4.60. The van der Waals surface area contributed by atoms with Crippen molar-refractivity contribution in [3.8, 4) is 5.75 Å². The third-order valence-corrected chi connectivity index (χ3v) is 5.38. The van der Waals surface area contributed by atoms with Crippen LogP contribution in [0.5, 0.6) is 5.75 Å². The number of aromatic nitrogens is 2. The number of fused-ring (bicyclic) bond motifs is 1. The molecule has 4 rings (SSSR count). The molecule has 136 valence electrons. The first-order valence-electron chi connectivity index (χ1n) is 9.04. The van der Waals surface area contributed by atoms with Gasteiger partial charge in [-0.1, -0.05) is 0 Å². The lowest BCUT2D eigenvalue weighted by molar-refractivity contribution is 0.0937. The number of hydrogen-bond donors (Lipinski definition) is 2. The van der Waals surface area contributed by atoms with Crippen molar-refractivity contribution in [2.75, 3.05) is 45.3 Å². The Morgan fingerprint density at radius 2 is 2.20 bits per heavy atom. The van der Waals surface area contributed by atoms with Crippen LogP contribution in [-0.4, -0.2) is 61.1 Å². The second-order valence-corrected chi connectivity index (χ2v) is 6.96. The number of ether oxygens (including phenoxy) is 2. The highest BCUT2D eigenvalue weighted by Crippen LogP contribution is 2.29. The molecular formula is C18H25FN4O2. The highest BCUT2D eigenvalue weighted by molar-refractivity contribution is 5.91. The van der Waals surface area contributed by atoms with E-state index in [9.17, 15) is 4.39 Å². The van der Waals surface area contributed by atoms with Crippen LogP contribution >= 0.6 is 0 Å². The molecule has 1 aromatic carbocycles. The minimum atomic E-state index is -0.318. The molecule has 2 saturated heterocycles. The van der Waals surface area contributed by atoms with E-state index in [2.05, 4.69) is 20.4 Å². The monoisotopic (exact) mass is 348 g/mol. The number of halogens is 1. The molecule has 1 atom stereocenters. The average molecular weight is 348 g/mol. The molecule has 2 aromatic rings. The molecule has 2 N–H and O–H groups in total. The molecule has 7 heteroatoms. The number of hydrogen-bond acceptors (Lipinski definition) is 5. The number of nitrogens with zero attached hydrogens (tertiary/aromatic N) is 2. The zero-order valence-corrected chi connectivity index (χ0v) is 14.6.